The van der Waals surface area contributed by atoms with Crippen molar-refractivity contribution in [3.05, 3.63) is 68.8 Å². The molecule has 0 atom stereocenters. The highest BCUT2D eigenvalue weighted by Gasteiger charge is 2.07. The topological polar surface area (TPSA) is 86.3 Å². The molecule has 0 amide bonds. The zero-order valence-corrected chi connectivity index (χ0v) is 11.8. The number of non-ortho nitro benzene ring substituents is 1. The molecule has 0 bridgehead atoms. The van der Waals surface area contributed by atoms with Gasteiger partial charge in [0.2, 0.25) is 0 Å². The second-order valence-electron chi connectivity index (χ2n) is 3.52. The van der Waals surface area contributed by atoms with E-state index < -0.39 is 9.85 Å². The largest absolute Gasteiger partial charge is 0.282 e. The number of rotatable bonds is 2. The van der Waals surface area contributed by atoms with Crippen LogP contribution in [0.15, 0.2) is 58.3 Å². The predicted molar refractivity (Wildman–Crippen MR) is 80.7 cm³/mol. The van der Waals surface area contributed by atoms with E-state index in [1.54, 1.807) is 30.3 Å². The van der Waals surface area contributed by atoms with Crippen LogP contribution in [0.2, 0.25) is 0 Å². The summed E-state index contributed by atoms with van der Waals surface area (Å²) in [6.07, 6.45) is 0. The van der Waals surface area contributed by atoms with Gasteiger partial charge in [0.25, 0.3) is 11.4 Å². The molecule has 2 aromatic rings. The Bertz CT molecular complexity index is 617. The van der Waals surface area contributed by atoms with Crippen molar-refractivity contribution >= 4 is 36.6 Å². The van der Waals surface area contributed by atoms with Crippen LogP contribution in [0.4, 0.5) is 11.4 Å². The molecule has 104 valence electrons. The lowest BCUT2D eigenvalue weighted by atomic mass is 10.3. The molecule has 0 radical (unpaired) electrons. The number of para-hydroxylation sites is 1. The van der Waals surface area contributed by atoms with E-state index in [2.05, 4.69) is 25.3 Å². The lowest BCUT2D eigenvalue weighted by molar-refractivity contribution is -0.387. The number of hydrogen-bond acceptors (Lipinski definition) is 6. The second kappa shape index (κ2) is 7.51. The van der Waals surface area contributed by atoms with Crippen molar-refractivity contribution in [3.8, 4) is 0 Å². The molecule has 2 rings (SSSR count). The van der Waals surface area contributed by atoms with Crippen molar-refractivity contribution in [2.45, 2.75) is 9.79 Å². The summed E-state index contributed by atoms with van der Waals surface area (Å²) in [5, 5.41) is 20.3. The van der Waals surface area contributed by atoms with E-state index in [1.165, 1.54) is 18.2 Å². The first-order chi connectivity index (χ1) is 9.41. The summed E-state index contributed by atoms with van der Waals surface area (Å²) in [5.74, 6) is 0. The highest BCUT2D eigenvalue weighted by molar-refractivity contribution is 7.80. The Morgan fingerprint density at radius 1 is 0.800 bits per heavy atom. The van der Waals surface area contributed by atoms with E-state index in [0.717, 1.165) is 4.90 Å². The van der Waals surface area contributed by atoms with Gasteiger partial charge in [-0.05, 0) is 18.2 Å². The van der Waals surface area contributed by atoms with Crippen LogP contribution >= 0.6 is 25.3 Å². The van der Waals surface area contributed by atoms with Gasteiger partial charge in [0.15, 0.2) is 0 Å². The maximum Gasteiger partial charge on any atom is 0.282 e. The minimum Gasteiger partial charge on any atom is -0.258 e. The Morgan fingerprint density at radius 2 is 1.35 bits per heavy atom. The third-order valence-electron chi connectivity index (χ3n) is 2.14. The standard InChI is InChI=1S/2C6H5NO2S/c8-7(9)5-1-3-6(10)4-2-5;8-7(9)5-3-1-2-4-6(5)10/h2*1-4,10H. The summed E-state index contributed by atoms with van der Waals surface area (Å²) in [6, 6.07) is 12.3. The van der Waals surface area contributed by atoms with Crippen molar-refractivity contribution in [1.29, 1.82) is 0 Å². The molecule has 0 unspecified atom stereocenters. The number of nitro benzene ring substituents is 2. The van der Waals surface area contributed by atoms with Crippen molar-refractivity contribution in [1.82, 2.24) is 0 Å². The molecule has 0 heterocycles. The minimum atomic E-state index is -0.456. The maximum absolute atomic E-state index is 10.2. The summed E-state index contributed by atoms with van der Waals surface area (Å²) >= 11 is 7.87. The quantitative estimate of drug-likeness (QED) is 0.502. The monoisotopic (exact) mass is 310 g/mol. The average molecular weight is 310 g/mol. The fourth-order valence-corrected chi connectivity index (χ4v) is 1.58. The summed E-state index contributed by atoms with van der Waals surface area (Å²) in [5.41, 5.74) is 0.142. The first-order valence-corrected chi connectivity index (χ1v) is 6.17. The molecule has 0 saturated heterocycles. The van der Waals surface area contributed by atoms with Crippen molar-refractivity contribution in [2.24, 2.45) is 0 Å². The van der Waals surface area contributed by atoms with Gasteiger partial charge in [-0.1, -0.05) is 12.1 Å². The van der Waals surface area contributed by atoms with Gasteiger partial charge in [-0.15, -0.1) is 25.3 Å². The van der Waals surface area contributed by atoms with E-state index in [0.29, 0.717) is 4.90 Å². The minimum absolute atomic E-state index is 0.0471. The molecular weight excluding hydrogens is 300 g/mol. The van der Waals surface area contributed by atoms with Crippen LogP contribution in [-0.4, -0.2) is 9.85 Å². The summed E-state index contributed by atoms with van der Waals surface area (Å²) in [4.78, 5) is 20.5. The molecule has 0 aliphatic heterocycles. The molecular formula is C12H10N2O4S2. The van der Waals surface area contributed by atoms with Gasteiger partial charge in [0.1, 0.15) is 0 Å². The number of benzene rings is 2. The molecule has 0 aliphatic carbocycles. The van der Waals surface area contributed by atoms with Crippen molar-refractivity contribution < 1.29 is 9.85 Å². The number of thiol groups is 2. The fraction of sp³-hybridized carbons (Fsp3) is 0. The van der Waals surface area contributed by atoms with E-state index >= 15 is 0 Å². The number of hydrogen-bond donors (Lipinski definition) is 2. The number of nitrogens with zero attached hydrogens (tertiary/aromatic N) is 2. The number of nitro groups is 2. The Hall–Kier alpha value is -2.06. The van der Waals surface area contributed by atoms with Crippen LogP contribution in [0, 0.1) is 20.2 Å². The first-order valence-electron chi connectivity index (χ1n) is 5.27. The molecule has 0 saturated carbocycles. The third-order valence-corrected chi connectivity index (χ3v) is 2.82. The Labute approximate surface area is 125 Å². The highest BCUT2D eigenvalue weighted by atomic mass is 32.1. The highest BCUT2D eigenvalue weighted by Crippen LogP contribution is 2.20. The van der Waals surface area contributed by atoms with Gasteiger partial charge in [-0.3, -0.25) is 20.2 Å². The molecule has 8 heteroatoms. The Morgan fingerprint density at radius 3 is 1.75 bits per heavy atom. The van der Waals surface area contributed by atoms with Crippen molar-refractivity contribution in [2.75, 3.05) is 0 Å². The Kier molecular flexibility index (Phi) is 6.01. The van der Waals surface area contributed by atoms with E-state index in [-0.39, 0.29) is 11.4 Å². The van der Waals surface area contributed by atoms with Crippen LogP contribution in [0.1, 0.15) is 0 Å². The summed E-state index contributed by atoms with van der Waals surface area (Å²) < 4.78 is 0. The smallest absolute Gasteiger partial charge is 0.258 e. The zero-order chi connectivity index (χ0) is 15.1. The van der Waals surface area contributed by atoms with Gasteiger partial charge in [-0.2, -0.15) is 0 Å². The molecule has 6 nitrogen and oxygen atoms in total. The van der Waals surface area contributed by atoms with Crippen LogP contribution < -0.4 is 0 Å². The molecule has 20 heavy (non-hydrogen) atoms. The molecule has 2 aromatic carbocycles. The third kappa shape index (κ3) is 4.90. The zero-order valence-electron chi connectivity index (χ0n) is 10.0. The van der Waals surface area contributed by atoms with Crippen LogP contribution in [0.3, 0.4) is 0 Å². The maximum atomic E-state index is 10.2. The van der Waals surface area contributed by atoms with Crippen LogP contribution in [0.5, 0.6) is 0 Å². The summed E-state index contributed by atoms with van der Waals surface area (Å²) in [7, 11) is 0. The van der Waals surface area contributed by atoms with E-state index in [9.17, 15) is 20.2 Å². The van der Waals surface area contributed by atoms with Gasteiger partial charge in [-0.25, -0.2) is 0 Å². The lowest BCUT2D eigenvalue weighted by Crippen LogP contribution is -1.87. The molecule has 0 fully saturated rings. The normalized spacial score (nSPS) is 9.30. The van der Waals surface area contributed by atoms with Gasteiger partial charge in [0, 0.05) is 23.1 Å². The Balaban J connectivity index is 0.000000200. The molecule has 0 aliphatic rings. The van der Waals surface area contributed by atoms with Crippen LogP contribution in [0.25, 0.3) is 0 Å². The van der Waals surface area contributed by atoms with E-state index in [1.807, 2.05) is 0 Å². The molecule has 0 aromatic heterocycles. The van der Waals surface area contributed by atoms with Gasteiger partial charge < -0.3 is 0 Å². The molecule has 0 spiro atoms. The predicted octanol–water partition coefficient (Wildman–Crippen LogP) is 3.77. The van der Waals surface area contributed by atoms with Gasteiger partial charge >= 0.3 is 0 Å². The van der Waals surface area contributed by atoms with E-state index in [4.69, 9.17) is 0 Å². The van der Waals surface area contributed by atoms with Crippen molar-refractivity contribution in [3.63, 3.8) is 0 Å². The van der Waals surface area contributed by atoms with Crippen LogP contribution in [-0.2, 0) is 0 Å². The SMILES string of the molecule is O=[N+]([O-])c1ccc(S)cc1.O=[N+]([O-])c1ccccc1S. The fourth-order valence-electron chi connectivity index (χ4n) is 1.19. The summed E-state index contributed by atoms with van der Waals surface area (Å²) in [6.45, 7) is 0. The average Bonchev–Trinajstić information content (AvgIpc) is 2.40. The van der Waals surface area contributed by atoms with Gasteiger partial charge in [0.05, 0.1) is 14.7 Å². The second-order valence-corrected chi connectivity index (χ2v) is 4.52. The molecule has 0 N–H and O–H groups in total. The first kappa shape index (κ1) is 16.0. The lowest BCUT2D eigenvalue weighted by Gasteiger charge is -1.91.